The van der Waals surface area contributed by atoms with Crippen LogP contribution in [0.2, 0.25) is 0 Å². The molecule has 1 heterocycles. The average Bonchev–Trinajstić information content (AvgIpc) is 2.24. The number of nitrogens with zero attached hydrogens (tertiary/aromatic N) is 1. The Morgan fingerprint density at radius 3 is 2.93 bits per heavy atom. The van der Waals surface area contributed by atoms with E-state index in [-0.39, 0.29) is 11.2 Å². The maximum atomic E-state index is 11.9. The highest BCUT2D eigenvalue weighted by molar-refractivity contribution is 8.01. The van der Waals surface area contributed by atoms with E-state index < -0.39 is 0 Å². The molecular weight excluding hydrogens is 208 g/mol. The summed E-state index contributed by atoms with van der Waals surface area (Å²) in [4.78, 5) is 14.7. The van der Waals surface area contributed by atoms with Crippen molar-refractivity contribution in [3.63, 3.8) is 0 Å². The molecule has 4 heteroatoms. The van der Waals surface area contributed by atoms with Crippen LogP contribution < -0.4 is 10.6 Å². The minimum atomic E-state index is 0.0473. The summed E-state index contributed by atoms with van der Waals surface area (Å²) in [5, 5.41) is 0.0473. The normalized spacial score (nSPS) is 20.3. The molecule has 1 aromatic rings. The second-order valence-corrected chi connectivity index (χ2v) is 4.88. The Hall–Kier alpha value is -1.16. The summed E-state index contributed by atoms with van der Waals surface area (Å²) >= 11 is 1.63. The summed E-state index contributed by atoms with van der Waals surface area (Å²) in [6.07, 6.45) is 0.859. The summed E-state index contributed by atoms with van der Waals surface area (Å²) in [6, 6.07) is 5.72. The van der Waals surface area contributed by atoms with E-state index >= 15 is 0 Å². The Morgan fingerprint density at radius 2 is 2.27 bits per heavy atom. The van der Waals surface area contributed by atoms with Crippen molar-refractivity contribution in [3.8, 4) is 0 Å². The molecule has 0 aliphatic carbocycles. The Balaban J connectivity index is 2.45. The van der Waals surface area contributed by atoms with Gasteiger partial charge >= 0.3 is 0 Å². The summed E-state index contributed by atoms with van der Waals surface area (Å²) in [7, 11) is 1.81. The van der Waals surface area contributed by atoms with Gasteiger partial charge in [-0.2, -0.15) is 0 Å². The molecule has 0 saturated heterocycles. The van der Waals surface area contributed by atoms with E-state index in [0.717, 1.165) is 17.0 Å². The van der Waals surface area contributed by atoms with Crippen LogP contribution in [-0.4, -0.2) is 18.2 Å². The Bertz CT molecular complexity index is 406. The Kier molecular flexibility index (Phi) is 2.61. The van der Waals surface area contributed by atoms with Gasteiger partial charge in [-0.1, -0.05) is 6.92 Å². The van der Waals surface area contributed by atoms with Crippen LogP contribution in [0.5, 0.6) is 0 Å². The molecule has 0 spiro atoms. The van der Waals surface area contributed by atoms with Crippen LogP contribution in [0.15, 0.2) is 23.1 Å². The number of fused-ring (bicyclic) bond motifs is 1. The molecule has 0 radical (unpaired) electrons. The number of anilines is 2. The number of nitrogens with two attached hydrogens (primary N) is 1. The minimum Gasteiger partial charge on any atom is -0.399 e. The molecule has 80 valence electrons. The highest BCUT2D eigenvalue weighted by atomic mass is 32.2. The van der Waals surface area contributed by atoms with Gasteiger partial charge in [0.2, 0.25) is 5.91 Å². The van der Waals surface area contributed by atoms with Gasteiger partial charge in [-0.3, -0.25) is 4.79 Å². The fraction of sp³-hybridized carbons (Fsp3) is 0.364. The van der Waals surface area contributed by atoms with E-state index in [2.05, 4.69) is 0 Å². The fourth-order valence-corrected chi connectivity index (χ4v) is 2.89. The molecule has 0 fully saturated rings. The third kappa shape index (κ3) is 1.69. The summed E-state index contributed by atoms with van der Waals surface area (Å²) in [5.41, 5.74) is 7.33. The largest absolute Gasteiger partial charge is 0.399 e. The maximum absolute atomic E-state index is 11.9. The van der Waals surface area contributed by atoms with Crippen LogP contribution in [-0.2, 0) is 4.79 Å². The van der Waals surface area contributed by atoms with Gasteiger partial charge in [-0.05, 0) is 24.6 Å². The molecule has 1 unspecified atom stereocenters. The summed E-state index contributed by atoms with van der Waals surface area (Å²) < 4.78 is 0. The number of carbonyl (C=O) groups excluding carboxylic acids is 1. The second kappa shape index (κ2) is 3.77. The molecule has 1 aliphatic rings. The van der Waals surface area contributed by atoms with Gasteiger partial charge in [0.1, 0.15) is 0 Å². The third-order valence-electron chi connectivity index (χ3n) is 2.59. The lowest BCUT2D eigenvalue weighted by Gasteiger charge is -2.30. The van der Waals surface area contributed by atoms with Crippen molar-refractivity contribution in [2.75, 3.05) is 17.7 Å². The Morgan fingerprint density at radius 1 is 1.53 bits per heavy atom. The van der Waals surface area contributed by atoms with Crippen molar-refractivity contribution in [2.45, 2.75) is 23.5 Å². The molecule has 1 amide bonds. The molecule has 0 bridgehead atoms. The predicted molar refractivity (Wildman–Crippen MR) is 64.2 cm³/mol. The summed E-state index contributed by atoms with van der Waals surface area (Å²) in [6.45, 7) is 2.03. The van der Waals surface area contributed by atoms with Crippen molar-refractivity contribution < 1.29 is 4.79 Å². The van der Waals surface area contributed by atoms with Crippen LogP contribution >= 0.6 is 11.8 Å². The van der Waals surface area contributed by atoms with Gasteiger partial charge in [-0.15, -0.1) is 11.8 Å². The quantitative estimate of drug-likeness (QED) is 0.740. The highest BCUT2D eigenvalue weighted by Gasteiger charge is 2.29. The van der Waals surface area contributed by atoms with Gasteiger partial charge in [0, 0.05) is 17.6 Å². The highest BCUT2D eigenvalue weighted by Crippen LogP contribution is 2.40. The Labute approximate surface area is 93.6 Å². The van der Waals surface area contributed by atoms with Gasteiger partial charge < -0.3 is 10.6 Å². The van der Waals surface area contributed by atoms with Crippen molar-refractivity contribution in [3.05, 3.63) is 18.2 Å². The molecule has 0 aromatic heterocycles. The number of amides is 1. The van der Waals surface area contributed by atoms with E-state index in [1.54, 1.807) is 16.7 Å². The van der Waals surface area contributed by atoms with Gasteiger partial charge in [0.15, 0.2) is 0 Å². The SMILES string of the molecule is CCC1Sc2ccc(N)cc2N(C)C1=O. The van der Waals surface area contributed by atoms with Crippen molar-refractivity contribution in [1.29, 1.82) is 0 Å². The maximum Gasteiger partial charge on any atom is 0.240 e. The smallest absolute Gasteiger partial charge is 0.240 e. The van der Waals surface area contributed by atoms with Crippen molar-refractivity contribution in [2.24, 2.45) is 0 Å². The number of rotatable bonds is 1. The first-order valence-corrected chi connectivity index (χ1v) is 5.85. The van der Waals surface area contributed by atoms with Crippen LogP contribution in [0.3, 0.4) is 0 Å². The molecule has 1 aromatic carbocycles. The number of nitrogen functional groups attached to an aromatic ring is 1. The third-order valence-corrected chi connectivity index (χ3v) is 4.01. The standard InChI is InChI=1S/C11H14N2OS/c1-3-9-11(14)13(2)8-6-7(12)4-5-10(8)15-9/h4-6,9H,3,12H2,1-2H3. The van der Waals surface area contributed by atoms with Gasteiger partial charge in [-0.25, -0.2) is 0 Å². The zero-order chi connectivity index (χ0) is 11.0. The lowest BCUT2D eigenvalue weighted by molar-refractivity contribution is -0.118. The fourth-order valence-electron chi connectivity index (χ4n) is 1.69. The zero-order valence-electron chi connectivity index (χ0n) is 8.86. The molecule has 2 N–H and O–H groups in total. The number of carbonyl (C=O) groups is 1. The van der Waals surface area contributed by atoms with Crippen LogP contribution in [0.25, 0.3) is 0 Å². The molecule has 1 atom stereocenters. The van der Waals surface area contributed by atoms with Crippen molar-refractivity contribution >= 4 is 29.0 Å². The lowest BCUT2D eigenvalue weighted by atomic mass is 10.2. The van der Waals surface area contributed by atoms with E-state index in [1.807, 2.05) is 32.2 Å². The van der Waals surface area contributed by atoms with Crippen LogP contribution in [0.1, 0.15) is 13.3 Å². The molecule has 0 saturated carbocycles. The number of hydrogen-bond donors (Lipinski definition) is 1. The zero-order valence-corrected chi connectivity index (χ0v) is 9.67. The average molecular weight is 222 g/mol. The molecular formula is C11H14N2OS. The molecule has 1 aliphatic heterocycles. The van der Waals surface area contributed by atoms with Gasteiger partial charge in [0.05, 0.1) is 10.9 Å². The predicted octanol–water partition coefficient (Wildman–Crippen LogP) is 2.12. The number of benzene rings is 1. The van der Waals surface area contributed by atoms with E-state index in [0.29, 0.717) is 5.69 Å². The molecule has 3 nitrogen and oxygen atoms in total. The van der Waals surface area contributed by atoms with Gasteiger partial charge in [0.25, 0.3) is 0 Å². The van der Waals surface area contributed by atoms with E-state index in [4.69, 9.17) is 5.73 Å². The van der Waals surface area contributed by atoms with Crippen LogP contribution in [0, 0.1) is 0 Å². The molecule has 2 rings (SSSR count). The second-order valence-electron chi connectivity index (χ2n) is 3.64. The first kappa shape index (κ1) is 10.4. The van der Waals surface area contributed by atoms with Crippen molar-refractivity contribution in [1.82, 2.24) is 0 Å². The lowest BCUT2D eigenvalue weighted by Crippen LogP contribution is -2.37. The van der Waals surface area contributed by atoms with E-state index in [1.165, 1.54) is 0 Å². The van der Waals surface area contributed by atoms with Crippen LogP contribution in [0.4, 0.5) is 11.4 Å². The minimum absolute atomic E-state index is 0.0473. The number of hydrogen-bond acceptors (Lipinski definition) is 3. The number of thioether (sulfide) groups is 1. The first-order valence-electron chi connectivity index (χ1n) is 4.97. The monoisotopic (exact) mass is 222 g/mol. The first-order chi connectivity index (χ1) is 7.13. The topological polar surface area (TPSA) is 46.3 Å². The summed E-state index contributed by atoms with van der Waals surface area (Å²) in [5.74, 6) is 0.167. The van der Waals surface area contributed by atoms with E-state index in [9.17, 15) is 4.79 Å². The molecule has 15 heavy (non-hydrogen) atoms.